The van der Waals surface area contributed by atoms with Gasteiger partial charge in [0.15, 0.2) is 0 Å². The van der Waals surface area contributed by atoms with Crippen molar-refractivity contribution in [3.05, 3.63) is 0 Å². The van der Waals surface area contributed by atoms with Crippen molar-refractivity contribution < 1.29 is 18.0 Å². The third-order valence-corrected chi connectivity index (χ3v) is 8.41. The van der Waals surface area contributed by atoms with E-state index in [1.165, 1.54) is 19.3 Å². The molecule has 3 aliphatic rings. The van der Waals surface area contributed by atoms with Gasteiger partial charge in [0, 0.05) is 19.5 Å². The van der Waals surface area contributed by atoms with Crippen molar-refractivity contribution in [2.75, 3.05) is 31.9 Å². The predicted octanol–water partition coefficient (Wildman–Crippen LogP) is 1.83. The predicted molar refractivity (Wildman–Crippen MR) is 108 cm³/mol. The molecule has 3 saturated heterocycles. The summed E-state index contributed by atoms with van der Waals surface area (Å²) in [4.78, 5) is 30.2. The lowest BCUT2D eigenvalue weighted by atomic mass is 9.94. The van der Waals surface area contributed by atoms with Crippen LogP contribution >= 0.6 is 0 Å². The smallest absolute Gasteiger partial charge is 0.241 e. The van der Waals surface area contributed by atoms with Crippen LogP contribution in [-0.2, 0) is 19.6 Å². The molecule has 0 bridgehead atoms. The second kappa shape index (κ2) is 9.11. The molecule has 3 fully saturated rings. The van der Waals surface area contributed by atoms with E-state index in [-0.39, 0.29) is 35.6 Å². The fourth-order valence-corrected chi connectivity index (χ4v) is 6.95. The Balaban J connectivity index is 1.73. The molecule has 0 aromatic rings. The highest BCUT2D eigenvalue weighted by Gasteiger charge is 2.57. The SMILES string of the molecule is CCC[C@H]1C(=O)N(S(=O)(=O)CCC)[C@H]2CCN(C(=O)CCN3CCCCC3)[C@H]12. The van der Waals surface area contributed by atoms with Gasteiger partial charge in [0.25, 0.3) is 0 Å². The van der Waals surface area contributed by atoms with Gasteiger partial charge in [-0.05, 0) is 45.2 Å². The van der Waals surface area contributed by atoms with E-state index >= 15 is 0 Å². The molecule has 3 aliphatic heterocycles. The fraction of sp³-hybridized carbons (Fsp3) is 0.900. The Kier molecular flexibility index (Phi) is 7.02. The first-order valence-corrected chi connectivity index (χ1v) is 12.6. The molecule has 3 rings (SSSR count). The quantitative estimate of drug-likeness (QED) is 0.607. The Morgan fingerprint density at radius 2 is 1.79 bits per heavy atom. The summed E-state index contributed by atoms with van der Waals surface area (Å²) in [5, 5.41) is 0. The van der Waals surface area contributed by atoms with Crippen LogP contribution in [0.5, 0.6) is 0 Å². The Morgan fingerprint density at radius 3 is 2.43 bits per heavy atom. The maximum absolute atomic E-state index is 13.0. The third kappa shape index (κ3) is 4.22. The van der Waals surface area contributed by atoms with Crippen LogP contribution in [-0.4, -0.2) is 78.4 Å². The molecule has 28 heavy (non-hydrogen) atoms. The van der Waals surface area contributed by atoms with Crippen LogP contribution in [0.3, 0.4) is 0 Å². The zero-order valence-corrected chi connectivity index (χ0v) is 18.1. The van der Waals surface area contributed by atoms with E-state index in [1.54, 1.807) is 0 Å². The van der Waals surface area contributed by atoms with E-state index in [4.69, 9.17) is 0 Å². The number of rotatable bonds is 8. The average molecular weight is 414 g/mol. The number of amides is 2. The van der Waals surface area contributed by atoms with Crippen molar-refractivity contribution in [3.8, 4) is 0 Å². The van der Waals surface area contributed by atoms with Crippen LogP contribution < -0.4 is 0 Å². The molecule has 0 radical (unpaired) electrons. The topological polar surface area (TPSA) is 78.0 Å². The molecule has 0 aliphatic carbocycles. The first-order chi connectivity index (χ1) is 13.4. The molecule has 160 valence electrons. The number of piperidine rings is 1. The van der Waals surface area contributed by atoms with Gasteiger partial charge < -0.3 is 9.80 Å². The number of carbonyl (C=O) groups excluding carboxylic acids is 2. The molecule has 7 nitrogen and oxygen atoms in total. The molecule has 0 saturated carbocycles. The summed E-state index contributed by atoms with van der Waals surface area (Å²) < 4.78 is 26.6. The Bertz CT molecular complexity index is 675. The van der Waals surface area contributed by atoms with Crippen LogP contribution in [0.4, 0.5) is 0 Å². The van der Waals surface area contributed by atoms with E-state index in [2.05, 4.69) is 4.90 Å². The standard InChI is InChI=1S/C20H35N3O4S/c1-3-8-16-19-17(23(20(16)25)28(26,27)15-4-2)9-14-22(19)18(24)10-13-21-11-6-5-7-12-21/h16-17,19H,3-15H2,1-2H3/t16-,17+,19-/m1/s1. The molecule has 2 amide bonds. The molecular formula is C20H35N3O4S. The van der Waals surface area contributed by atoms with Gasteiger partial charge >= 0.3 is 0 Å². The van der Waals surface area contributed by atoms with Gasteiger partial charge in [-0.15, -0.1) is 0 Å². The van der Waals surface area contributed by atoms with Crippen LogP contribution in [0, 0.1) is 5.92 Å². The summed E-state index contributed by atoms with van der Waals surface area (Å²) in [6.45, 7) is 7.24. The van der Waals surface area contributed by atoms with Crippen molar-refractivity contribution in [3.63, 3.8) is 0 Å². The van der Waals surface area contributed by atoms with E-state index in [0.29, 0.717) is 32.2 Å². The number of fused-ring (bicyclic) bond motifs is 1. The van der Waals surface area contributed by atoms with Crippen molar-refractivity contribution in [2.24, 2.45) is 5.92 Å². The fourth-order valence-electron chi connectivity index (χ4n) is 5.19. The van der Waals surface area contributed by atoms with Gasteiger partial charge in [-0.1, -0.05) is 26.7 Å². The third-order valence-electron chi connectivity index (χ3n) is 6.44. The molecule has 3 atom stereocenters. The maximum Gasteiger partial charge on any atom is 0.241 e. The molecular weight excluding hydrogens is 378 g/mol. The summed E-state index contributed by atoms with van der Waals surface area (Å²) >= 11 is 0. The van der Waals surface area contributed by atoms with Gasteiger partial charge in [-0.25, -0.2) is 12.7 Å². The van der Waals surface area contributed by atoms with Crippen LogP contribution in [0.15, 0.2) is 0 Å². The van der Waals surface area contributed by atoms with Crippen LogP contribution in [0.2, 0.25) is 0 Å². The molecule has 0 aromatic carbocycles. The van der Waals surface area contributed by atoms with E-state index in [1.807, 2.05) is 18.7 Å². The van der Waals surface area contributed by atoms with Gasteiger partial charge in [0.05, 0.1) is 23.8 Å². The summed E-state index contributed by atoms with van der Waals surface area (Å²) in [5.41, 5.74) is 0. The van der Waals surface area contributed by atoms with Gasteiger partial charge in [-0.3, -0.25) is 9.59 Å². The highest BCUT2D eigenvalue weighted by atomic mass is 32.2. The Labute approximate surface area is 169 Å². The maximum atomic E-state index is 13.0. The summed E-state index contributed by atoms with van der Waals surface area (Å²) in [6, 6.07) is -0.660. The van der Waals surface area contributed by atoms with E-state index < -0.39 is 10.0 Å². The number of carbonyl (C=O) groups is 2. The molecule has 0 aromatic heterocycles. The average Bonchev–Trinajstić information content (AvgIpc) is 3.19. The Hall–Kier alpha value is -1.15. The molecule has 0 spiro atoms. The highest BCUT2D eigenvalue weighted by Crippen LogP contribution is 2.40. The molecule has 0 N–H and O–H groups in total. The van der Waals surface area contributed by atoms with Crippen molar-refractivity contribution in [2.45, 2.75) is 77.3 Å². The van der Waals surface area contributed by atoms with Crippen LogP contribution in [0.1, 0.15) is 65.2 Å². The normalized spacial score (nSPS) is 28.8. The van der Waals surface area contributed by atoms with Gasteiger partial charge in [-0.2, -0.15) is 0 Å². The highest BCUT2D eigenvalue weighted by molar-refractivity contribution is 7.89. The number of hydrogen-bond donors (Lipinski definition) is 0. The van der Waals surface area contributed by atoms with Gasteiger partial charge in [0.2, 0.25) is 21.8 Å². The lowest BCUT2D eigenvalue weighted by molar-refractivity contribution is -0.134. The first-order valence-electron chi connectivity index (χ1n) is 11.0. The lowest BCUT2D eigenvalue weighted by Crippen LogP contribution is -2.44. The van der Waals surface area contributed by atoms with E-state index in [0.717, 1.165) is 30.4 Å². The van der Waals surface area contributed by atoms with Crippen molar-refractivity contribution >= 4 is 21.8 Å². The monoisotopic (exact) mass is 413 g/mol. The Morgan fingerprint density at radius 1 is 1.07 bits per heavy atom. The van der Waals surface area contributed by atoms with Crippen molar-refractivity contribution in [1.29, 1.82) is 0 Å². The van der Waals surface area contributed by atoms with Gasteiger partial charge in [0.1, 0.15) is 0 Å². The summed E-state index contributed by atoms with van der Waals surface area (Å²) in [7, 11) is -3.61. The first kappa shape index (κ1) is 21.6. The van der Waals surface area contributed by atoms with Crippen LogP contribution in [0.25, 0.3) is 0 Å². The minimum Gasteiger partial charge on any atom is -0.337 e. The summed E-state index contributed by atoms with van der Waals surface area (Å²) in [6.07, 6.45) is 6.60. The molecule has 3 heterocycles. The number of hydrogen-bond acceptors (Lipinski definition) is 5. The summed E-state index contributed by atoms with van der Waals surface area (Å²) in [5.74, 6) is -0.618. The largest absolute Gasteiger partial charge is 0.337 e. The number of sulfonamides is 1. The second-order valence-corrected chi connectivity index (χ2v) is 10.4. The zero-order chi connectivity index (χ0) is 20.3. The number of nitrogens with zero attached hydrogens (tertiary/aromatic N) is 3. The molecule has 8 heteroatoms. The minimum absolute atomic E-state index is 0.0102. The minimum atomic E-state index is -3.61. The van der Waals surface area contributed by atoms with Crippen molar-refractivity contribution in [1.82, 2.24) is 14.1 Å². The molecule has 0 unspecified atom stereocenters. The lowest BCUT2D eigenvalue weighted by Gasteiger charge is -2.30. The zero-order valence-electron chi connectivity index (χ0n) is 17.3. The van der Waals surface area contributed by atoms with E-state index in [9.17, 15) is 18.0 Å². The second-order valence-electron chi connectivity index (χ2n) is 8.43. The number of likely N-dealkylation sites (tertiary alicyclic amines) is 2.